The van der Waals surface area contributed by atoms with Crippen LogP contribution in [-0.2, 0) is 6.42 Å². The Labute approximate surface area is 176 Å². The number of hydrogen-bond donors (Lipinski definition) is 0. The second-order valence-electron chi connectivity index (χ2n) is 9.47. The number of thiophene rings is 1. The van der Waals surface area contributed by atoms with Crippen LogP contribution in [0.1, 0.15) is 88.5 Å². The van der Waals surface area contributed by atoms with E-state index in [4.69, 9.17) is 0 Å². The van der Waals surface area contributed by atoms with E-state index in [0.29, 0.717) is 0 Å². The first-order chi connectivity index (χ1) is 13.7. The van der Waals surface area contributed by atoms with Gasteiger partial charge in [0.25, 0.3) is 0 Å². The van der Waals surface area contributed by atoms with Crippen LogP contribution in [0.5, 0.6) is 0 Å². The molecule has 1 heterocycles. The topological polar surface area (TPSA) is 0 Å². The Bertz CT molecular complexity index is 767. The Kier molecular flexibility index (Phi) is 6.94. The van der Waals surface area contributed by atoms with Crippen LogP contribution in [0.15, 0.2) is 30.3 Å². The third-order valence-electron chi connectivity index (χ3n) is 7.58. The zero-order chi connectivity index (χ0) is 19.3. The summed E-state index contributed by atoms with van der Waals surface area (Å²) in [5.74, 6) is 3.93. The summed E-state index contributed by atoms with van der Waals surface area (Å²) < 4.78 is 1.45. The average Bonchev–Trinajstić information content (AvgIpc) is 3.16. The number of benzene rings is 1. The van der Waals surface area contributed by atoms with E-state index in [1.807, 2.05) is 11.3 Å². The highest BCUT2D eigenvalue weighted by molar-refractivity contribution is 7.19. The van der Waals surface area contributed by atoms with Crippen molar-refractivity contribution in [3.05, 3.63) is 40.8 Å². The van der Waals surface area contributed by atoms with Crippen LogP contribution >= 0.6 is 11.3 Å². The minimum atomic E-state index is 0.804. The van der Waals surface area contributed by atoms with Gasteiger partial charge in [-0.05, 0) is 91.7 Å². The Balaban J connectivity index is 1.27. The maximum Gasteiger partial charge on any atom is 0.0351 e. The van der Waals surface area contributed by atoms with Gasteiger partial charge in [-0.3, -0.25) is 0 Å². The Morgan fingerprint density at radius 3 is 2.29 bits per heavy atom. The number of aryl methyl sites for hydroxylation is 1. The molecule has 152 valence electrons. The molecule has 0 bridgehead atoms. The molecule has 2 aromatic rings. The maximum atomic E-state index is 2.52. The fraction of sp³-hybridized carbons (Fsp3) is 0.630. The fourth-order valence-corrected chi connectivity index (χ4v) is 6.85. The summed E-state index contributed by atoms with van der Waals surface area (Å²) >= 11 is 1.96. The molecule has 28 heavy (non-hydrogen) atoms. The third kappa shape index (κ3) is 4.90. The molecule has 2 fully saturated rings. The van der Waals surface area contributed by atoms with Crippen molar-refractivity contribution in [2.24, 2.45) is 23.7 Å². The van der Waals surface area contributed by atoms with E-state index < -0.39 is 0 Å². The number of fused-ring (bicyclic) bond motifs is 1. The summed E-state index contributed by atoms with van der Waals surface area (Å²) in [7, 11) is 0. The first-order valence-corrected chi connectivity index (χ1v) is 12.8. The Morgan fingerprint density at radius 1 is 0.893 bits per heavy atom. The standard InChI is InChI=1S/C27H38S/c1-3-5-20-8-13-23(14-9-20)24-15-10-21(11-16-24)6-7-22-12-17-25-19-26(4-2)28-27(25)18-22/h6-7,12,17-21,23-24H,3-5,8-11,13-16H2,1-2H3/b7-6+. The van der Waals surface area contributed by atoms with Crippen molar-refractivity contribution in [2.45, 2.75) is 84.5 Å². The van der Waals surface area contributed by atoms with Crippen LogP contribution in [0, 0.1) is 23.7 Å². The van der Waals surface area contributed by atoms with Crippen LogP contribution in [0.2, 0.25) is 0 Å². The monoisotopic (exact) mass is 394 g/mol. The molecule has 0 atom stereocenters. The molecule has 0 nitrogen and oxygen atoms in total. The molecule has 2 saturated carbocycles. The molecule has 1 aromatic carbocycles. The van der Waals surface area contributed by atoms with Gasteiger partial charge in [0.05, 0.1) is 0 Å². The predicted molar refractivity (Wildman–Crippen MR) is 126 cm³/mol. The molecular weight excluding hydrogens is 356 g/mol. The summed E-state index contributed by atoms with van der Waals surface area (Å²) in [5.41, 5.74) is 1.38. The lowest BCUT2D eigenvalue weighted by Crippen LogP contribution is -2.25. The minimum absolute atomic E-state index is 0.804. The number of allylic oxidation sites excluding steroid dienone is 1. The Morgan fingerprint density at radius 2 is 1.61 bits per heavy atom. The van der Waals surface area contributed by atoms with Crippen LogP contribution in [0.25, 0.3) is 16.2 Å². The lowest BCUT2D eigenvalue weighted by atomic mass is 9.68. The van der Waals surface area contributed by atoms with Crippen molar-refractivity contribution >= 4 is 27.5 Å². The van der Waals surface area contributed by atoms with E-state index in [1.54, 1.807) is 0 Å². The van der Waals surface area contributed by atoms with Gasteiger partial charge in [-0.25, -0.2) is 0 Å². The molecule has 0 aliphatic heterocycles. The fourth-order valence-electron chi connectivity index (χ4n) is 5.79. The lowest BCUT2D eigenvalue weighted by Gasteiger charge is -2.37. The highest BCUT2D eigenvalue weighted by Gasteiger charge is 2.30. The SMILES string of the molecule is CCCC1CCC(C2CCC(/C=C/c3ccc4cc(CC)sc4c3)CC2)CC1. The second kappa shape index (κ2) is 9.61. The van der Waals surface area contributed by atoms with Crippen molar-refractivity contribution in [1.82, 2.24) is 0 Å². The average molecular weight is 395 g/mol. The molecule has 2 aliphatic carbocycles. The zero-order valence-electron chi connectivity index (χ0n) is 18.0. The summed E-state index contributed by atoms with van der Waals surface area (Å²) in [6.45, 7) is 4.60. The molecule has 0 N–H and O–H groups in total. The summed E-state index contributed by atoms with van der Waals surface area (Å²) in [6.07, 6.45) is 20.8. The van der Waals surface area contributed by atoms with E-state index in [1.165, 1.54) is 84.7 Å². The first-order valence-electron chi connectivity index (χ1n) is 12.0. The molecule has 0 radical (unpaired) electrons. The van der Waals surface area contributed by atoms with Gasteiger partial charge < -0.3 is 0 Å². The molecule has 0 spiro atoms. The van der Waals surface area contributed by atoms with Crippen LogP contribution in [0.4, 0.5) is 0 Å². The summed E-state index contributed by atoms with van der Waals surface area (Å²) in [5, 5.41) is 1.41. The number of rotatable bonds is 6. The molecule has 2 aliphatic rings. The van der Waals surface area contributed by atoms with Crippen LogP contribution < -0.4 is 0 Å². The van der Waals surface area contributed by atoms with E-state index >= 15 is 0 Å². The van der Waals surface area contributed by atoms with Crippen LogP contribution in [0.3, 0.4) is 0 Å². The largest absolute Gasteiger partial charge is 0.140 e. The van der Waals surface area contributed by atoms with Crippen molar-refractivity contribution in [2.75, 3.05) is 0 Å². The Hall–Kier alpha value is -1.08. The molecule has 0 saturated heterocycles. The van der Waals surface area contributed by atoms with Gasteiger partial charge in [-0.2, -0.15) is 0 Å². The summed E-state index contributed by atoms with van der Waals surface area (Å²) in [4.78, 5) is 1.50. The zero-order valence-corrected chi connectivity index (χ0v) is 18.8. The predicted octanol–water partition coefficient (Wildman–Crippen LogP) is 8.89. The lowest BCUT2D eigenvalue weighted by molar-refractivity contribution is 0.152. The highest BCUT2D eigenvalue weighted by Crippen LogP contribution is 2.42. The molecule has 1 aromatic heterocycles. The van der Waals surface area contributed by atoms with Gasteiger partial charge in [-0.15, -0.1) is 11.3 Å². The van der Waals surface area contributed by atoms with Gasteiger partial charge >= 0.3 is 0 Å². The maximum absolute atomic E-state index is 2.52. The second-order valence-corrected chi connectivity index (χ2v) is 10.6. The van der Waals surface area contributed by atoms with E-state index in [0.717, 1.165) is 30.1 Å². The van der Waals surface area contributed by atoms with Gasteiger partial charge in [0, 0.05) is 9.58 Å². The van der Waals surface area contributed by atoms with Crippen LogP contribution in [-0.4, -0.2) is 0 Å². The molecule has 0 unspecified atom stereocenters. The first kappa shape index (κ1) is 20.2. The van der Waals surface area contributed by atoms with Crippen molar-refractivity contribution in [3.63, 3.8) is 0 Å². The van der Waals surface area contributed by atoms with Gasteiger partial charge in [0.2, 0.25) is 0 Å². The molecule has 0 amide bonds. The smallest absolute Gasteiger partial charge is 0.0351 e. The molecule has 1 heteroatoms. The van der Waals surface area contributed by atoms with Gasteiger partial charge in [-0.1, -0.05) is 63.8 Å². The van der Waals surface area contributed by atoms with Crippen molar-refractivity contribution < 1.29 is 0 Å². The molecular formula is C27H38S. The summed E-state index contributed by atoms with van der Waals surface area (Å²) in [6, 6.07) is 9.34. The molecule has 4 rings (SSSR count). The normalized spacial score (nSPS) is 28.9. The van der Waals surface area contributed by atoms with E-state index in [2.05, 4.69) is 50.3 Å². The number of hydrogen-bond acceptors (Lipinski definition) is 1. The van der Waals surface area contributed by atoms with Gasteiger partial charge in [0.15, 0.2) is 0 Å². The quantitative estimate of drug-likeness (QED) is 0.459. The van der Waals surface area contributed by atoms with E-state index in [9.17, 15) is 0 Å². The van der Waals surface area contributed by atoms with Crippen molar-refractivity contribution in [3.8, 4) is 0 Å². The van der Waals surface area contributed by atoms with Crippen molar-refractivity contribution in [1.29, 1.82) is 0 Å². The van der Waals surface area contributed by atoms with Gasteiger partial charge in [0.1, 0.15) is 0 Å². The minimum Gasteiger partial charge on any atom is -0.140 e. The highest BCUT2D eigenvalue weighted by atomic mass is 32.1. The third-order valence-corrected chi connectivity index (χ3v) is 8.82. The van der Waals surface area contributed by atoms with E-state index in [-0.39, 0.29) is 0 Å².